The number of benzene rings is 1. The van der Waals surface area contributed by atoms with Crippen molar-refractivity contribution < 1.29 is 4.39 Å². The van der Waals surface area contributed by atoms with Crippen LogP contribution in [-0.4, -0.2) is 0 Å². The highest BCUT2D eigenvalue weighted by Gasteiger charge is 2.13. The molecular weight excluding hydrogens is 245 g/mol. The van der Waals surface area contributed by atoms with Crippen molar-refractivity contribution in [3.05, 3.63) is 58.0 Å². The summed E-state index contributed by atoms with van der Waals surface area (Å²) in [5.74, 6) is -0.181. The van der Waals surface area contributed by atoms with Crippen LogP contribution in [-0.2, 0) is 0 Å². The quantitative estimate of drug-likeness (QED) is 0.825. The van der Waals surface area contributed by atoms with E-state index in [0.29, 0.717) is 6.04 Å². The number of hydrogen-bond acceptors (Lipinski definition) is 2. The third-order valence-electron chi connectivity index (χ3n) is 3.17. The molecule has 96 valence electrons. The van der Waals surface area contributed by atoms with Gasteiger partial charge in [-0.3, -0.25) is 0 Å². The maximum atomic E-state index is 12.9. The molecule has 0 saturated carbocycles. The Bertz CT molecular complexity index is 464. The Balaban J connectivity index is 2.07. The highest BCUT2D eigenvalue weighted by atomic mass is 32.1. The third-order valence-corrected chi connectivity index (χ3v) is 3.88. The van der Waals surface area contributed by atoms with Crippen LogP contribution in [0.2, 0.25) is 0 Å². The molecule has 1 nitrogen and oxygen atoms in total. The molecule has 18 heavy (non-hydrogen) atoms. The molecule has 0 saturated heterocycles. The van der Waals surface area contributed by atoms with Gasteiger partial charge in [0.05, 0.1) is 0 Å². The van der Waals surface area contributed by atoms with Gasteiger partial charge < -0.3 is 5.32 Å². The molecular formula is C15H18FNS. The van der Waals surface area contributed by atoms with E-state index in [1.165, 1.54) is 17.7 Å². The Morgan fingerprint density at radius 1 is 1.17 bits per heavy atom. The molecule has 0 radical (unpaired) electrons. The summed E-state index contributed by atoms with van der Waals surface area (Å²) in [5, 5.41) is 7.84. The largest absolute Gasteiger partial charge is 0.303 e. The molecule has 3 heteroatoms. The lowest BCUT2D eigenvalue weighted by atomic mass is 10.0. The summed E-state index contributed by atoms with van der Waals surface area (Å²) in [5.41, 5.74) is 2.45. The fourth-order valence-electron chi connectivity index (χ4n) is 2.06. The van der Waals surface area contributed by atoms with E-state index in [2.05, 4.69) is 36.0 Å². The molecule has 2 aromatic rings. The highest BCUT2D eigenvalue weighted by molar-refractivity contribution is 7.07. The van der Waals surface area contributed by atoms with Crippen LogP contribution >= 0.6 is 11.3 Å². The lowest BCUT2D eigenvalue weighted by molar-refractivity contribution is 0.456. The first kappa shape index (κ1) is 13.2. The SMILES string of the molecule is CCC(NC(C)c1ccsc1)c1ccc(F)cc1. The molecule has 2 atom stereocenters. The minimum atomic E-state index is -0.181. The summed E-state index contributed by atoms with van der Waals surface area (Å²) in [6.07, 6.45) is 0.986. The monoisotopic (exact) mass is 263 g/mol. The Morgan fingerprint density at radius 3 is 2.44 bits per heavy atom. The second-order valence-corrected chi connectivity index (χ2v) is 5.24. The van der Waals surface area contributed by atoms with Gasteiger partial charge in [-0.2, -0.15) is 11.3 Å². The first-order valence-corrected chi connectivity index (χ1v) is 7.18. The minimum absolute atomic E-state index is 0.181. The molecule has 0 fully saturated rings. The molecule has 2 unspecified atom stereocenters. The molecule has 0 bridgehead atoms. The van der Waals surface area contributed by atoms with E-state index in [9.17, 15) is 4.39 Å². The zero-order valence-electron chi connectivity index (χ0n) is 10.7. The van der Waals surface area contributed by atoms with E-state index in [-0.39, 0.29) is 11.9 Å². The lowest BCUT2D eigenvalue weighted by Gasteiger charge is -2.22. The van der Waals surface area contributed by atoms with Crippen LogP contribution in [0.4, 0.5) is 4.39 Å². The van der Waals surface area contributed by atoms with E-state index in [4.69, 9.17) is 0 Å². The first-order valence-electron chi connectivity index (χ1n) is 6.24. The maximum absolute atomic E-state index is 12.9. The Kier molecular flexibility index (Phi) is 4.50. The smallest absolute Gasteiger partial charge is 0.123 e. The van der Waals surface area contributed by atoms with Gasteiger partial charge >= 0.3 is 0 Å². The van der Waals surface area contributed by atoms with Crippen molar-refractivity contribution in [2.24, 2.45) is 0 Å². The molecule has 0 aliphatic heterocycles. The molecule has 2 rings (SSSR count). The molecule has 0 aliphatic rings. The number of halogens is 1. The minimum Gasteiger partial charge on any atom is -0.303 e. The van der Waals surface area contributed by atoms with E-state index < -0.39 is 0 Å². The number of hydrogen-bond donors (Lipinski definition) is 1. The van der Waals surface area contributed by atoms with Crippen molar-refractivity contribution in [2.75, 3.05) is 0 Å². The van der Waals surface area contributed by atoms with Gasteiger partial charge in [0, 0.05) is 12.1 Å². The third kappa shape index (κ3) is 3.18. The molecule has 0 spiro atoms. The van der Waals surface area contributed by atoms with Gasteiger partial charge in [0.25, 0.3) is 0 Å². The van der Waals surface area contributed by atoms with Crippen LogP contribution < -0.4 is 5.32 Å². The van der Waals surface area contributed by atoms with Crippen molar-refractivity contribution in [1.29, 1.82) is 0 Å². The normalized spacial score (nSPS) is 14.4. The Morgan fingerprint density at radius 2 is 1.89 bits per heavy atom. The number of thiophene rings is 1. The van der Waals surface area contributed by atoms with Crippen LogP contribution in [0.25, 0.3) is 0 Å². The van der Waals surface area contributed by atoms with Gasteiger partial charge in [-0.15, -0.1) is 0 Å². The van der Waals surface area contributed by atoms with Crippen molar-refractivity contribution in [2.45, 2.75) is 32.4 Å². The van der Waals surface area contributed by atoms with Gasteiger partial charge in [-0.05, 0) is 53.4 Å². The topological polar surface area (TPSA) is 12.0 Å². The summed E-state index contributed by atoms with van der Waals surface area (Å²) in [4.78, 5) is 0. The van der Waals surface area contributed by atoms with E-state index in [0.717, 1.165) is 12.0 Å². The second-order valence-electron chi connectivity index (χ2n) is 4.46. The van der Waals surface area contributed by atoms with Crippen molar-refractivity contribution in [3.63, 3.8) is 0 Å². The Labute approximate surface area is 112 Å². The summed E-state index contributed by atoms with van der Waals surface area (Å²) in [6.45, 7) is 4.30. The first-order chi connectivity index (χ1) is 8.70. The van der Waals surface area contributed by atoms with Crippen LogP contribution in [0.5, 0.6) is 0 Å². The van der Waals surface area contributed by atoms with Gasteiger partial charge in [-0.1, -0.05) is 19.1 Å². The van der Waals surface area contributed by atoms with Gasteiger partial charge in [0.1, 0.15) is 5.82 Å². The van der Waals surface area contributed by atoms with Crippen molar-refractivity contribution >= 4 is 11.3 Å². The fourth-order valence-corrected chi connectivity index (χ4v) is 2.82. The average molecular weight is 263 g/mol. The van der Waals surface area contributed by atoms with Gasteiger partial charge in [0.2, 0.25) is 0 Å². The van der Waals surface area contributed by atoms with Gasteiger partial charge in [-0.25, -0.2) is 4.39 Å². The predicted molar refractivity (Wildman–Crippen MR) is 75.3 cm³/mol. The highest BCUT2D eigenvalue weighted by Crippen LogP contribution is 2.23. The summed E-state index contributed by atoms with van der Waals surface area (Å²) < 4.78 is 12.9. The van der Waals surface area contributed by atoms with Crippen LogP contribution in [0, 0.1) is 5.82 Å². The summed E-state index contributed by atoms with van der Waals surface area (Å²) in [6, 6.07) is 9.48. The molecule has 1 heterocycles. The lowest BCUT2D eigenvalue weighted by Crippen LogP contribution is -2.23. The standard InChI is InChI=1S/C15H18FNS/c1-3-15(12-4-6-14(16)7-5-12)17-11(2)13-8-9-18-10-13/h4-11,15,17H,3H2,1-2H3. The Hall–Kier alpha value is -1.19. The number of nitrogens with one attached hydrogen (secondary N) is 1. The van der Waals surface area contributed by atoms with E-state index in [1.807, 2.05) is 12.1 Å². The average Bonchev–Trinajstić information content (AvgIpc) is 2.91. The van der Waals surface area contributed by atoms with Crippen molar-refractivity contribution in [1.82, 2.24) is 5.32 Å². The number of rotatable bonds is 5. The zero-order chi connectivity index (χ0) is 13.0. The summed E-state index contributed by atoms with van der Waals surface area (Å²) in [7, 11) is 0. The van der Waals surface area contributed by atoms with Crippen LogP contribution in [0.15, 0.2) is 41.1 Å². The molecule has 0 aliphatic carbocycles. The fraction of sp³-hybridized carbons (Fsp3) is 0.333. The molecule has 0 amide bonds. The second kappa shape index (κ2) is 6.12. The summed E-state index contributed by atoms with van der Waals surface area (Å²) >= 11 is 1.71. The zero-order valence-corrected chi connectivity index (χ0v) is 11.5. The van der Waals surface area contributed by atoms with Gasteiger partial charge in [0.15, 0.2) is 0 Å². The van der Waals surface area contributed by atoms with E-state index in [1.54, 1.807) is 11.3 Å². The predicted octanol–water partition coefficient (Wildman–Crippen LogP) is 4.69. The molecule has 1 N–H and O–H groups in total. The van der Waals surface area contributed by atoms with Crippen LogP contribution in [0.3, 0.4) is 0 Å². The maximum Gasteiger partial charge on any atom is 0.123 e. The van der Waals surface area contributed by atoms with Crippen LogP contribution in [0.1, 0.15) is 43.5 Å². The molecule has 1 aromatic carbocycles. The van der Waals surface area contributed by atoms with Crippen molar-refractivity contribution in [3.8, 4) is 0 Å². The van der Waals surface area contributed by atoms with E-state index >= 15 is 0 Å². The molecule has 1 aromatic heterocycles.